The zero-order valence-electron chi connectivity index (χ0n) is 11.1. The molecular formula is C16H17BrFN. The van der Waals surface area contributed by atoms with E-state index in [1.54, 1.807) is 6.07 Å². The van der Waals surface area contributed by atoms with Gasteiger partial charge in [-0.2, -0.15) is 0 Å². The van der Waals surface area contributed by atoms with Crippen molar-refractivity contribution in [1.29, 1.82) is 0 Å². The van der Waals surface area contributed by atoms with E-state index in [2.05, 4.69) is 28.1 Å². The third-order valence-corrected chi connectivity index (χ3v) is 3.69. The largest absolute Gasteiger partial charge is 0.324 e. The molecule has 0 spiro atoms. The molecule has 2 N–H and O–H groups in total. The fourth-order valence-corrected chi connectivity index (χ4v) is 2.85. The number of nitrogens with two attached hydrogens (primary N) is 1. The van der Waals surface area contributed by atoms with E-state index >= 15 is 0 Å². The van der Waals surface area contributed by atoms with Gasteiger partial charge in [-0.3, -0.25) is 0 Å². The predicted molar refractivity (Wildman–Crippen MR) is 80.6 cm³/mol. The summed E-state index contributed by atoms with van der Waals surface area (Å²) in [5, 5.41) is 0. The molecule has 0 heterocycles. The van der Waals surface area contributed by atoms with Crippen LogP contribution in [0.2, 0.25) is 0 Å². The van der Waals surface area contributed by atoms with Crippen molar-refractivity contribution in [3.05, 3.63) is 68.9 Å². The molecule has 0 bridgehead atoms. The molecule has 1 atom stereocenters. The fraction of sp³-hybridized carbons (Fsp3) is 0.250. The molecule has 3 heteroatoms. The summed E-state index contributed by atoms with van der Waals surface area (Å²) in [6.07, 6.45) is 0.710. The molecule has 0 fully saturated rings. The van der Waals surface area contributed by atoms with Crippen molar-refractivity contribution in [2.75, 3.05) is 0 Å². The van der Waals surface area contributed by atoms with Gasteiger partial charge in [-0.05, 0) is 66.8 Å². The number of benzene rings is 2. The molecule has 0 radical (unpaired) electrons. The lowest BCUT2D eigenvalue weighted by Gasteiger charge is -2.15. The number of hydrogen-bond acceptors (Lipinski definition) is 1. The Bertz CT molecular complexity index is 575. The zero-order chi connectivity index (χ0) is 14.0. The van der Waals surface area contributed by atoms with Gasteiger partial charge in [0.1, 0.15) is 5.82 Å². The predicted octanol–water partition coefficient (Wildman–Crippen LogP) is 4.45. The molecule has 2 rings (SSSR count). The van der Waals surface area contributed by atoms with Gasteiger partial charge in [-0.15, -0.1) is 0 Å². The van der Waals surface area contributed by atoms with E-state index in [9.17, 15) is 4.39 Å². The number of hydrogen-bond donors (Lipinski definition) is 1. The van der Waals surface area contributed by atoms with Gasteiger partial charge in [0.05, 0.1) is 0 Å². The van der Waals surface area contributed by atoms with Crippen LogP contribution in [0.5, 0.6) is 0 Å². The van der Waals surface area contributed by atoms with Gasteiger partial charge in [0.2, 0.25) is 0 Å². The Labute approximate surface area is 121 Å². The smallest absolute Gasteiger partial charge is 0.123 e. The van der Waals surface area contributed by atoms with Gasteiger partial charge in [-0.25, -0.2) is 4.39 Å². The van der Waals surface area contributed by atoms with E-state index in [4.69, 9.17) is 5.73 Å². The minimum Gasteiger partial charge on any atom is -0.324 e. The van der Waals surface area contributed by atoms with Crippen molar-refractivity contribution >= 4 is 15.9 Å². The van der Waals surface area contributed by atoms with Crippen molar-refractivity contribution in [3.63, 3.8) is 0 Å². The van der Waals surface area contributed by atoms with Crippen molar-refractivity contribution in [2.45, 2.75) is 26.3 Å². The molecule has 1 nitrogen and oxygen atoms in total. The van der Waals surface area contributed by atoms with Crippen LogP contribution in [0.3, 0.4) is 0 Å². The van der Waals surface area contributed by atoms with Crippen LogP contribution in [0.25, 0.3) is 0 Å². The minimum absolute atomic E-state index is 0.0830. The van der Waals surface area contributed by atoms with Gasteiger partial charge in [0, 0.05) is 10.5 Å². The lowest BCUT2D eigenvalue weighted by atomic mass is 9.96. The molecular weight excluding hydrogens is 305 g/mol. The maximum atomic E-state index is 13.1. The highest BCUT2D eigenvalue weighted by Crippen LogP contribution is 2.23. The second kappa shape index (κ2) is 5.85. The highest BCUT2D eigenvalue weighted by molar-refractivity contribution is 9.10. The van der Waals surface area contributed by atoms with Gasteiger partial charge in [0.15, 0.2) is 0 Å². The summed E-state index contributed by atoms with van der Waals surface area (Å²) in [6, 6.07) is 11.0. The second-order valence-corrected chi connectivity index (χ2v) is 5.86. The second-order valence-electron chi connectivity index (χ2n) is 4.94. The summed E-state index contributed by atoms with van der Waals surface area (Å²) >= 11 is 3.49. The average molecular weight is 322 g/mol. The summed E-state index contributed by atoms with van der Waals surface area (Å²) in [5.74, 6) is -0.201. The van der Waals surface area contributed by atoms with Crippen LogP contribution in [-0.4, -0.2) is 0 Å². The first-order valence-electron chi connectivity index (χ1n) is 6.23. The normalized spacial score (nSPS) is 12.5. The highest BCUT2D eigenvalue weighted by Gasteiger charge is 2.10. The molecule has 0 amide bonds. The van der Waals surface area contributed by atoms with Crippen LogP contribution in [0.1, 0.15) is 28.3 Å². The molecule has 2 aromatic rings. The van der Waals surface area contributed by atoms with E-state index in [1.165, 1.54) is 11.6 Å². The standard InChI is InChI=1S/C16H17BrFN/c1-10-5-13(8-14(17)6-10)16(19)9-12-3-4-15(18)7-11(12)2/h3-8,16H,9,19H2,1-2H3. The van der Waals surface area contributed by atoms with Gasteiger partial charge >= 0.3 is 0 Å². The highest BCUT2D eigenvalue weighted by atomic mass is 79.9. The van der Waals surface area contributed by atoms with Gasteiger partial charge in [0.25, 0.3) is 0 Å². The van der Waals surface area contributed by atoms with Crippen molar-refractivity contribution in [2.24, 2.45) is 5.73 Å². The molecule has 2 aromatic carbocycles. The molecule has 0 aliphatic carbocycles. The topological polar surface area (TPSA) is 26.0 Å². The van der Waals surface area contributed by atoms with Crippen LogP contribution in [0, 0.1) is 19.7 Å². The maximum Gasteiger partial charge on any atom is 0.123 e. The van der Waals surface area contributed by atoms with Crippen LogP contribution < -0.4 is 5.73 Å². The Morgan fingerprint density at radius 3 is 2.53 bits per heavy atom. The third-order valence-electron chi connectivity index (χ3n) is 3.24. The monoisotopic (exact) mass is 321 g/mol. The summed E-state index contributed by atoms with van der Waals surface area (Å²) in [7, 11) is 0. The minimum atomic E-state index is -0.201. The van der Waals surface area contributed by atoms with E-state index in [0.717, 1.165) is 21.2 Å². The van der Waals surface area contributed by atoms with E-state index in [-0.39, 0.29) is 11.9 Å². The Balaban J connectivity index is 2.22. The lowest BCUT2D eigenvalue weighted by Crippen LogP contribution is -2.14. The summed E-state index contributed by atoms with van der Waals surface area (Å²) in [5.41, 5.74) is 10.6. The van der Waals surface area contributed by atoms with Crippen molar-refractivity contribution in [3.8, 4) is 0 Å². The SMILES string of the molecule is Cc1cc(Br)cc(C(N)Cc2ccc(F)cc2C)c1. The van der Waals surface area contributed by atoms with Gasteiger partial charge < -0.3 is 5.73 Å². The molecule has 0 aliphatic rings. The number of rotatable bonds is 3. The Kier molecular flexibility index (Phi) is 4.38. The molecule has 0 aromatic heterocycles. The first-order valence-corrected chi connectivity index (χ1v) is 7.02. The average Bonchev–Trinajstić information content (AvgIpc) is 2.31. The van der Waals surface area contributed by atoms with Crippen LogP contribution in [0.15, 0.2) is 40.9 Å². The van der Waals surface area contributed by atoms with Crippen molar-refractivity contribution < 1.29 is 4.39 Å². The number of aryl methyl sites for hydroxylation is 2. The van der Waals surface area contributed by atoms with E-state index < -0.39 is 0 Å². The Morgan fingerprint density at radius 1 is 1.16 bits per heavy atom. The fourth-order valence-electron chi connectivity index (χ4n) is 2.22. The summed E-state index contributed by atoms with van der Waals surface area (Å²) < 4.78 is 14.1. The van der Waals surface area contributed by atoms with E-state index in [1.807, 2.05) is 26.0 Å². The molecule has 0 aliphatic heterocycles. The first kappa shape index (κ1) is 14.2. The lowest BCUT2D eigenvalue weighted by molar-refractivity contribution is 0.624. The molecule has 0 saturated carbocycles. The quantitative estimate of drug-likeness (QED) is 0.888. The summed E-state index contributed by atoms with van der Waals surface area (Å²) in [4.78, 5) is 0. The molecule has 0 saturated heterocycles. The Hall–Kier alpha value is -1.19. The molecule has 100 valence electrons. The maximum absolute atomic E-state index is 13.1. The van der Waals surface area contributed by atoms with Crippen LogP contribution in [-0.2, 0) is 6.42 Å². The summed E-state index contributed by atoms with van der Waals surface area (Å²) in [6.45, 7) is 3.96. The first-order chi connectivity index (χ1) is 8.95. The van der Waals surface area contributed by atoms with Gasteiger partial charge in [-0.1, -0.05) is 28.1 Å². The Morgan fingerprint density at radius 2 is 1.89 bits per heavy atom. The van der Waals surface area contributed by atoms with Crippen LogP contribution >= 0.6 is 15.9 Å². The molecule has 19 heavy (non-hydrogen) atoms. The van der Waals surface area contributed by atoms with Crippen LogP contribution in [0.4, 0.5) is 4.39 Å². The molecule has 1 unspecified atom stereocenters. The van der Waals surface area contributed by atoms with E-state index in [0.29, 0.717) is 6.42 Å². The third kappa shape index (κ3) is 3.64. The zero-order valence-corrected chi connectivity index (χ0v) is 12.7. The number of halogens is 2. The van der Waals surface area contributed by atoms with Crippen molar-refractivity contribution in [1.82, 2.24) is 0 Å².